The first kappa shape index (κ1) is 45.8. The summed E-state index contributed by atoms with van der Waals surface area (Å²) in [4.78, 5) is 63.7. The van der Waals surface area contributed by atoms with Gasteiger partial charge < -0.3 is 26.4 Å². The van der Waals surface area contributed by atoms with Gasteiger partial charge in [-0.3, -0.25) is 19.2 Å². The molecule has 5 N–H and O–H groups in total. The highest BCUT2D eigenvalue weighted by Gasteiger charge is 2.28. The van der Waals surface area contributed by atoms with Crippen molar-refractivity contribution in [2.75, 3.05) is 11.9 Å². The Morgan fingerprint density at radius 1 is 0.745 bits per heavy atom. The Hall–Kier alpha value is -5.39. The molecule has 3 amide bonds. The predicted octanol–water partition coefficient (Wildman–Crippen LogP) is 5.82. The maximum Gasteiger partial charge on any atom is 0.401 e. The second-order valence-electron chi connectivity index (χ2n) is 12.5. The minimum absolute atomic E-state index is 0.0994. The van der Waals surface area contributed by atoms with Crippen LogP contribution in [0, 0.1) is 23.3 Å². The summed E-state index contributed by atoms with van der Waals surface area (Å²) < 4.78 is 89.4. The number of pyridine rings is 1. The number of aromatic nitrogens is 1. The fraction of sp³-hybridized carbons (Fsp3) is 0.405. The molecule has 0 saturated heterocycles. The number of carbonyl (C=O) groups excluding carboxylic acids is 4. The number of aliphatic carboxylic acids is 1. The van der Waals surface area contributed by atoms with Crippen molar-refractivity contribution in [3.8, 4) is 0 Å². The van der Waals surface area contributed by atoms with Gasteiger partial charge in [-0.05, 0) is 67.3 Å². The van der Waals surface area contributed by atoms with Gasteiger partial charge in [0.15, 0.2) is 5.78 Å². The third-order valence-corrected chi connectivity index (χ3v) is 7.49. The van der Waals surface area contributed by atoms with Gasteiger partial charge in [0.05, 0.1) is 19.4 Å². The molecular weight excluding hydrogens is 743 g/mol. The normalized spacial score (nSPS) is 12.7. The number of nitrogens with zero attached hydrogens (tertiary/aromatic N) is 1. The lowest BCUT2D eigenvalue weighted by Gasteiger charge is -2.18. The molecule has 0 fully saturated rings. The van der Waals surface area contributed by atoms with Crippen LogP contribution in [0.2, 0.25) is 0 Å². The average Bonchev–Trinajstić information content (AvgIpc) is 3.06. The van der Waals surface area contributed by atoms with Gasteiger partial charge in [0, 0.05) is 36.4 Å². The van der Waals surface area contributed by atoms with E-state index in [1.807, 2.05) is 0 Å². The van der Waals surface area contributed by atoms with Crippen LogP contribution in [0.5, 0.6) is 0 Å². The van der Waals surface area contributed by atoms with E-state index >= 15 is 0 Å². The van der Waals surface area contributed by atoms with Gasteiger partial charge in [0.25, 0.3) is 0 Å². The first-order chi connectivity index (χ1) is 25.8. The Morgan fingerprint density at radius 2 is 1.22 bits per heavy atom. The van der Waals surface area contributed by atoms with Crippen LogP contribution in [0.4, 0.5) is 36.6 Å². The molecule has 0 spiro atoms. The number of anilines is 1. The number of Topliss-reactive ketones (excluding diaryl/α,β-unsaturated/α-hetero) is 1. The minimum Gasteiger partial charge on any atom is -0.480 e. The first-order valence-corrected chi connectivity index (χ1v) is 17.1. The van der Waals surface area contributed by atoms with Crippen molar-refractivity contribution in [1.29, 1.82) is 0 Å². The Labute approximate surface area is 312 Å². The molecule has 1 heterocycles. The third kappa shape index (κ3) is 18.0. The molecule has 18 heteroatoms. The highest BCUT2D eigenvalue weighted by molar-refractivity contribution is 5.98. The van der Waals surface area contributed by atoms with E-state index < -0.39 is 83.6 Å². The lowest BCUT2D eigenvalue weighted by molar-refractivity contribution is -0.142. The molecule has 0 radical (unpaired) electrons. The van der Waals surface area contributed by atoms with E-state index in [9.17, 15) is 54.7 Å². The van der Waals surface area contributed by atoms with Gasteiger partial charge in [-0.25, -0.2) is 27.3 Å². The number of benzene rings is 2. The number of halogens is 7. The number of ketones is 1. The minimum atomic E-state index is -4.38. The van der Waals surface area contributed by atoms with Crippen molar-refractivity contribution >= 4 is 35.3 Å². The van der Waals surface area contributed by atoms with Crippen LogP contribution in [0.1, 0.15) is 74.4 Å². The van der Waals surface area contributed by atoms with E-state index in [2.05, 4.69) is 26.3 Å². The third-order valence-electron chi connectivity index (χ3n) is 7.49. The van der Waals surface area contributed by atoms with Crippen LogP contribution < -0.4 is 21.3 Å². The van der Waals surface area contributed by atoms with Crippen LogP contribution in [-0.2, 0) is 32.0 Å². The zero-order valence-electron chi connectivity index (χ0n) is 30.2. The smallest absolute Gasteiger partial charge is 0.401 e. The summed E-state index contributed by atoms with van der Waals surface area (Å²) in [5.74, 6) is -6.39. The molecule has 3 rings (SSSR count). The van der Waals surface area contributed by atoms with Crippen LogP contribution in [0.3, 0.4) is 0 Å². The van der Waals surface area contributed by atoms with Gasteiger partial charge in [-0.1, -0.05) is 26.7 Å². The summed E-state index contributed by atoms with van der Waals surface area (Å²) in [6.45, 7) is 3.85. The second kappa shape index (κ2) is 22.1. The molecule has 11 nitrogen and oxygen atoms in total. The Kier molecular flexibility index (Phi) is 18.4. The second-order valence-corrected chi connectivity index (χ2v) is 12.5. The van der Waals surface area contributed by atoms with Gasteiger partial charge in [0.1, 0.15) is 41.2 Å². The Morgan fingerprint density at radius 3 is 1.64 bits per heavy atom. The largest absolute Gasteiger partial charge is 0.480 e. The number of amides is 3. The molecule has 0 bridgehead atoms. The van der Waals surface area contributed by atoms with E-state index in [0.29, 0.717) is 31.4 Å². The van der Waals surface area contributed by atoms with Crippen molar-refractivity contribution in [2.45, 2.75) is 90.0 Å². The van der Waals surface area contributed by atoms with Crippen molar-refractivity contribution in [3.63, 3.8) is 0 Å². The van der Waals surface area contributed by atoms with E-state index in [1.165, 1.54) is 25.3 Å². The molecule has 0 aliphatic rings. The predicted molar refractivity (Wildman–Crippen MR) is 187 cm³/mol. The van der Waals surface area contributed by atoms with Crippen molar-refractivity contribution in [2.24, 2.45) is 0 Å². The molecule has 1 aromatic heterocycles. The molecular formula is C37H42F7N5O6. The molecule has 3 aromatic rings. The summed E-state index contributed by atoms with van der Waals surface area (Å²) >= 11 is 0. The van der Waals surface area contributed by atoms with Gasteiger partial charge in [-0.15, -0.1) is 0 Å². The fourth-order valence-electron chi connectivity index (χ4n) is 5.00. The van der Waals surface area contributed by atoms with Gasteiger partial charge in [0.2, 0.25) is 17.7 Å². The van der Waals surface area contributed by atoms with E-state index in [0.717, 1.165) is 24.3 Å². The Balaban J connectivity index is 0.000000462. The van der Waals surface area contributed by atoms with E-state index in [-0.39, 0.29) is 48.2 Å². The van der Waals surface area contributed by atoms with Gasteiger partial charge in [-0.2, -0.15) is 13.2 Å². The van der Waals surface area contributed by atoms with Crippen molar-refractivity contribution in [1.82, 2.24) is 20.9 Å². The summed E-state index contributed by atoms with van der Waals surface area (Å²) in [6, 6.07) is 5.64. The number of hydrogen-bond acceptors (Lipinski definition) is 7. The highest BCUT2D eigenvalue weighted by Crippen LogP contribution is 2.15. The van der Waals surface area contributed by atoms with Crippen LogP contribution in [0.25, 0.3) is 0 Å². The molecule has 0 aliphatic carbocycles. The van der Waals surface area contributed by atoms with E-state index in [4.69, 9.17) is 5.11 Å². The van der Waals surface area contributed by atoms with Crippen LogP contribution >= 0.6 is 0 Å². The molecule has 0 saturated carbocycles. The quantitative estimate of drug-likeness (QED) is 0.0796. The lowest BCUT2D eigenvalue weighted by atomic mass is 10.1. The summed E-state index contributed by atoms with van der Waals surface area (Å²) in [5.41, 5.74) is 0.440. The molecule has 300 valence electrons. The average molecular weight is 786 g/mol. The molecule has 0 aliphatic heterocycles. The lowest BCUT2D eigenvalue weighted by Crippen LogP contribution is -2.44. The highest BCUT2D eigenvalue weighted by atomic mass is 19.4. The van der Waals surface area contributed by atoms with Crippen molar-refractivity contribution in [3.05, 3.63) is 94.7 Å². The molecule has 3 atom stereocenters. The van der Waals surface area contributed by atoms with Gasteiger partial charge >= 0.3 is 12.1 Å². The van der Waals surface area contributed by atoms with Crippen LogP contribution in [-0.4, -0.2) is 70.4 Å². The maximum atomic E-state index is 13.3. The number of rotatable bonds is 18. The number of carbonyl (C=O) groups is 5. The summed E-state index contributed by atoms with van der Waals surface area (Å²) in [6.07, 6.45) is -2.21. The number of carboxylic acids is 1. The monoisotopic (exact) mass is 785 g/mol. The molecule has 3 unspecified atom stereocenters. The fourth-order valence-corrected chi connectivity index (χ4v) is 5.00. The first-order valence-electron chi connectivity index (χ1n) is 17.1. The SMILES string of the molecule is CCCC(NC(=O)Cc1cc(F)cc(F)c1)C(=O)Nc1ccc(C(=O)CC(C)NCC(F)(F)F)cn1.CCCC(NC(=O)Cc1cc(F)cc(F)c1)C(=O)O. The van der Waals surface area contributed by atoms with Crippen LogP contribution in [0.15, 0.2) is 54.7 Å². The number of carboxylic acid groups (broad SMARTS) is 1. The zero-order valence-corrected chi connectivity index (χ0v) is 30.2. The maximum absolute atomic E-state index is 13.3. The topological polar surface area (TPSA) is 167 Å². The molecule has 55 heavy (non-hydrogen) atoms. The van der Waals surface area contributed by atoms with E-state index in [1.54, 1.807) is 13.8 Å². The summed E-state index contributed by atoms with van der Waals surface area (Å²) in [7, 11) is 0. The Bertz CT molecular complexity index is 1740. The summed E-state index contributed by atoms with van der Waals surface area (Å²) in [5, 5.41) is 18.5. The van der Waals surface area contributed by atoms with Crippen molar-refractivity contribution < 1.29 is 59.8 Å². The zero-order chi connectivity index (χ0) is 41.3. The standard InChI is InChI=1S/C24H27F5N4O3.C13H15F2NO3/c1-3-4-19(32-22(35)10-15-8-17(25)11-18(26)9-15)23(36)33-21-6-5-16(12-30-21)20(34)7-14(2)31-13-24(27,28)29;1-2-3-11(13(18)19)16-12(17)6-8-4-9(14)7-10(15)5-8/h5-6,8-9,11-12,14,19,31H,3-4,7,10,13H2,1-2H3,(H,32,35)(H,30,33,36);4-5,7,11H,2-3,6H2,1H3,(H,16,17)(H,18,19). The number of hydrogen-bond donors (Lipinski definition) is 5. The number of alkyl halides is 3. The molecule has 2 aromatic carbocycles. The number of nitrogens with one attached hydrogen (secondary N) is 4.